The van der Waals surface area contributed by atoms with Gasteiger partial charge in [0.15, 0.2) is 0 Å². The zero-order chi connectivity index (χ0) is 34.2. The van der Waals surface area contributed by atoms with Crippen LogP contribution in [0.2, 0.25) is 0 Å². The Hall–Kier alpha value is -6.70. The van der Waals surface area contributed by atoms with E-state index in [0.717, 1.165) is 32.9 Å². The second-order valence-corrected chi connectivity index (χ2v) is 14.0. The van der Waals surface area contributed by atoms with Crippen molar-refractivity contribution < 1.29 is 4.42 Å². The summed E-state index contributed by atoms with van der Waals surface area (Å²) in [5.41, 5.74) is 13.9. The van der Waals surface area contributed by atoms with Crippen LogP contribution >= 0.6 is 0 Å². The Morgan fingerprint density at radius 3 is 1.69 bits per heavy atom. The molecule has 0 N–H and O–H groups in total. The molecule has 0 fully saturated rings. The van der Waals surface area contributed by atoms with Gasteiger partial charge in [-0.2, -0.15) is 0 Å². The van der Waals surface area contributed by atoms with Crippen LogP contribution in [0.15, 0.2) is 199 Å². The molecule has 1 aliphatic carbocycles. The Balaban J connectivity index is 1.14. The van der Waals surface area contributed by atoms with E-state index in [-0.39, 0.29) is 0 Å². The van der Waals surface area contributed by atoms with Gasteiger partial charge in [-0.25, -0.2) is 0 Å². The molecule has 0 bridgehead atoms. The smallest absolute Gasteiger partial charge is 0.143 e. The molecule has 1 heterocycles. The lowest BCUT2D eigenvalue weighted by Gasteiger charge is -2.35. The van der Waals surface area contributed by atoms with Gasteiger partial charge in [0, 0.05) is 16.2 Å². The molecule has 52 heavy (non-hydrogen) atoms. The molecule has 242 valence electrons. The van der Waals surface area contributed by atoms with Crippen LogP contribution in [-0.2, 0) is 5.41 Å². The van der Waals surface area contributed by atoms with E-state index in [9.17, 15) is 0 Å². The van der Waals surface area contributed by atoms with E-state index in [1.54, 1.807) is 0 Å². The summed E-state index contributed by atoms with van der Waals surface area (Å²) in [6.07, 6.45) is 0. The molecule has 1 aromatic heterocycles. The molecule has 0 saturated heterocycles. The summed E-state index contributed by atoms with van der Waals surface area (Å²) in [4.78, 5) is 0. The molecular formula is C51H32O. The zero-order valence-corrected chi connectivity index (χ0v) is 28.4. The Kier molecular flexibility index (Phi) is 6.23. The fraction of sp³-hybridized carbons (Fsp3) is 0.0196. The summed E-state index contributed by atoms with van der Waals surface area (Å²) in [6.45, 7) is 0. The molecule has 1 nitrogen and oxygen atoms in total. The molecule has 0 radical (unpaired) electrons. The second kappa shape index (κ2) is 11.2. The molecule has 0 saturated carbocycles. The largest absolute Gasteiger partial charge is 0.455 e. The van der Waals surface area contributed by atoms with Crippen molar-refractivity contribution in [2.45, 2.75) is 5.41 Å². The SMILES string of the molecule is c1ccc(-c2ccc3c(c2)C(c2ccccc2)(c2ccccc2)c2c-3ccc3cc(-c4ccc5c(c4)oc4c6ccccc6ccc54)ccc23)cc1. The average Bonchev–Trinajstić information content (AvgIpc) is 3.75. The second-order valence-electron chi connectivity index (χ2n) is 14.0. The van der Waals surface area contributed by atoms with Crippen molar-refractivity contribution in [2.24, 2.45) is 0 Å². The lowest BCUT2D eigenvalue weighted by Crippen LogP contribution is -2.28. The van der Waals surface area contributed by atoms with Crippen molar-refractivity contribution in [3.8, 4) is 33.4 Å². The van der Waals surface area contributed by atoms with Gasteiger partial charge in [-0.1, -0.05) is 164 Å². The van der Waals surface area contributed by atoms with Crippen molar-refractivity contribution in [3.05, 3.63) is 216 Å². The minimum absolute atomic E-state index is 0.505. The summed E-state index contributed by atoms with van der Waals surface area (Å²) in [5.74, 6) is 0. The normalized spacial score (nSPS) is 13.2. The Labute approximate surface area is 302 Å². The Bertz CT molecular complexity index is 2950. The predicted octanol–water partition coefficient (Wildman–Crippen LogP) is 13.6. The third-order valence-corrected chi connectivity index (χ3v) is 11.3. The highest BCUT2D eigenvalue weighted by atomic mass is 16.3. The Morgan fingerprint density at radius 1 is 0.346 bits per heavy atom. The topological polar surface area (TPSA) is 13.1 Å². The first-order valence-electron chi connectivity index (χ1n) is 18.0. The molecule has 0 spiro atoms. The predicted molar refractivity (Wildman–Crippen MR) is 217 cm³/mol. The van der Waals surface area contributed by atoms with Crippen molar-refractivity contribution in [1.82, 2.24) is 0 Å². The van der Waals surface area contributed by atoms with E-state index >= 15 is 0 Å². The molecule has 1 heteroatoms. The van der Waals surface area contributed by atoms with E-state index in [0.29, 0.717) is 0 Å². The molecule has 9 aromatic carbocycles. The van der Waals surface area contributed by atoms with Crippen molar-refractivity contribution >= 4 is 43.5 Å². The maximum absolute atomic E-state index is 6.58. The van der Waals surface area contributed by atoms with Gasteiger partial charge in [0.2, 0.25) is 0 Å². The van der Waals surface area contributed by atoms with E-state index in [1.165, 1.54) is 66.2 Å². The van der Waals surface area contributed by atoms with Crippen LogP contribution in [-0.4, -0.2) is 0 Å². The highest BCUT2D eigenvalue weighted by Crippen LogP contribution is 2.58. The number of rotatable bonds is 4. The first kappa shape index (κ1) is 29.1. The van der Waals surface area contributed by atoms with E-state index < -0.39 is 5.41 Å². The lowest BCUT2D eigenvalue weighted by atomic mass is 9.66. The van der Waals surface area contributed by atoms with E-state index in [2.05, 4.69) is 194 Å². The summed E-state index contributed by atoms with van der Waals surface area (Å²) >= 11 is 0. The third-order valence-electron chi connectivity index (χ3n) is 11.3. The summed E-state index contributed by atoms with van der Waals surface area (Å²) in [7, 11) is 0. The van der Waals surface area contributed by atoms with Crippen LogP contribution < -0.4 is 0 Å². The number of furan rings is 1. The van der Waals surface area contributed by atoms with Crippen molar-refractivity contribution in [3.63, 3.8) is 0 Å². The lowest BCUT2D eigenvalue weighted by molar-refractivity contribution is 0.673. The number of fused-ring (bicyclic) bond motifs is 10. The van der Waals surface area contributed by atoms with Crippen molar-refractivity contribution in [1.29, 1.82) is 0 Å². The van der Waals surface area contributed by atoms with Gasteiger partial charge in [0.25, 0.3) is 0 Å². The van der Waals surface area contributed by atoms with Gasteiger partial charge in [-0.05, 0) is 102 Å². The first-order valence-corrected chi connectivity index (χ1v) is 18.0. The minimum Gasteiger partial charge on any atom is -0.455 e. The molecule has 0 unspecified atom stereocenters. The molecular weight excluding hydrogens is 629 g/mol. The summed E-state index contributed by atoms with van der Waals surface area (Å²) < 4.78 is 6.58. The fourth-order valence-electron chi connectivity index (χ4n) is 9.00. The van der Waals surface area contributed by atoms with Crippen LogP contribution in [0.5, 0.6) is 0 Å². The van der Waals surface area contributed by atoms with Crippen LogP contribution in [0.25, 0.3) is 76.9 Å². The van der Waals surface area contributed by atoms with Gasteiger partial charge in [0.05, 0.1) is 5.41 Å². The molecule has 1 aliphatic rings. The van der Waals surface area contributed by atoms with Gasteiger partial charge >= 0.3 is 0 Å². The fourth-order valence-corrected chi connectivity index (χ4v) is 9.00. The molecule has 11 rings (SSSR count). The van der Waals surface area contributed by atoms with Crippen molar-refractivity contribution in [2.75, 3.05) is 0 Å². The highest BCUT2D eigenvalue weighted by Gasteiger charge is 2.47. The quantitative estimate of drug-likeness (QED) is 0.183. The minimum atomic E-state index is -0.505. The molecule has 0 atom stereocenters. The maximum Gasteiger partial charge on any atom is 0.143 e. The van der Waals surface area contributed by atoms with Gasteiger partial charge in [-0.3, -0.25) is 0 Å². The van der Waals surface area contributed by atoms with E-state index in [1.807, 2.05) is 0 Å². The third kappa shape index (κ3) is 4.11. The highest BCUT2D eigenvalue weighted by molar-refractivity contribution is 6.15. The van der Waals surface area contributed by atoms with E-state index in [4.69, 9.17) is 4.42 Å². The van der Waals surface area contributed by atoms with Crippen LogP contribution in [0.4, 0.5) is 0 Å². The Morgan fingerprint density at radius 2 is 0.923 bits per heavy atom. The van der Waals surface area contributed by atoms with Crippen LogP contribution in [0.1, 0.15) is 22.3 Å². The van der Waals surface area contributed by atoms with Gasteiger partial charge < -0.3 is 4.42 Å². The molecule has 10 aromatic rings. The van der Waals surface area contributed by atoms with Gasteiger partial charge in [0.1, 0.15) is 11.2 Å². The maximum atomic E-state index is 6.58. The van der Waals surface area contributed by atoms with Crippen LogP contribution in [0.3, 0.4) is 0 Å². The van der Waals surface area contributed by atoms with Gasteiger partial charge in [-0.15, -0.1) is 0 Å². The monoisotopic (exact) mass is 660 g/mol. The standard InChI is InChI=1S/C51H32O/c1-4-12-33(13-5-1)36-22-26-43-45-28-24-38-30-35(37-23-27-44-46-29-20-34-14-10-11-19-42(34)50(46)52-48(44)32-37)21-25-41(38)49(45)51(47(43)31-36,39-15-6-2-7-16-39)40-17-8-3-9-18-40/h1-32H. The molecule has 0 amide bonds. The number of benzene rings is 9. The summed E-state index contributed by atoms with van der Waals surface area (Å²) in [6, 6.07) is 71.1. The zero-order valence-electron chi connectivity index (χ0n) is 28.4. The number of hydrogen-bond acceptors (Lipinski definition) is 1. The summed E-state index contributed by atoms with van der Waals surface area (Å²) in [5, 5.41) is 7.13. The van der Waals surface area contributed by atoms with Crippen LogP contribution in [0, 0.1) is 0 Å². The number of hydrogen-bond donors (Lipinski definition) is 0. The molecule has 0 aliphatic heterocycles. The first-order chi connectivity index (χ1) is 25.8. The average molecular weight is 661 g/mol.